The van der Waals surface area contributed by atoms with Gasteiger partial charge < -0.3 is 24.6 Å². The summed E-state index contributed by atoms with van der Waals surface area (Å²) < 4.78 is 15.9. The van der Waals surface area contributed by atoms with Gasteiger partial charge in [-0.3, -0.25) is 9.59 Å². The van der Waals surface area contributed by atoms with Crippen LogP contribution in [0.4, 0.5) is 0 Å². The Balaban J connectivity index is 2.26. The van der Waals surface area contributed by atoms with Gasteiger partial charge in [0, 0.05) is 22.9 Å². The molecule has 1 aliphatic carbocycles. The van der Waals surface area contributed by atoms with Gasteiger partial charge in [0.05, 0.1) is 30.4 Å². The van der Waals surface area contributed by atoms with Crippen LogP contribution in [0.3, 0.4) is 0 Å². The van der Waals surface area contributed by atoms with Crippen LogP contribution in [-0.4, -0.2) is 42.6 Å². The maximum Gasteiger partial charge on any atom is 0.337 e. The topological polar surface area (TPSA) is 111 Å². The van der Waals surface area contributed by atoms with E-state index in [9.17, 15) is 19.5 Å². The number of ketones is 1. The smallest absolute Gasteiger partial charge is 0.337 e. The number of halogens is 1. The summed E-state index contributed by atoms with van der Waals surface area (Å²) >= 11 is 6.31. The summed E-state index contributed by atoms with van der Waals surface area (Å²) in [4.78, 5) is 39.5. The Labute approximate surface area is 203 Å². The van der Waals surface area contributed by atoms with Gasteiger partial charge in [0.25, 0.3) is 0 Å². The number of carbonyl (C=O) groups excluding carboxylic acids is 3. The fraction of sp³-hybridized carbons (Fsp3) is 0.480. The number of carbonyl (C=O) groups is 3. The quantitative estimate of drug-likeness (QED) is 0.453. The number of esters is 2. The van der Waals surface area contributed by atoms with Gasteiger partial charge in [0.15, 0.2) is 17.3 Å². The molecule has 0 radical (unpaired) electrons. The van der Waals surface area contributed by atoms with Crippen LogP contribution in [0.5, 0.6) is 11.5 Å². The van der Waals surface area contributed by atoms with E-state index in [1.165, 1.54) is 13.2 Å². The molecule has 0 unspecified atom stereocenters. The third-order valence-corrected chi connectivity index (χ3v) is 6.28. The summed E-state index contributed by atoms with van der Waals surface area (Å²) in [5.74, 6) is -3.95. The second-order valence-electron chi connectivity index (χ2n) is 8.77. The van der Waals surface area contributed by atoms with E-state index in [1.807, 2.05) is 6.92 Å². The highest BCUT2D eigenvalue weighted by atomic mass is 35.5. The molecule has 0 spiro atoms. The fourth-order valence-electron chi connectivity index (χ4n) is 4.59. The Hall–Kier alpha value is -3.00. The minimum absolute atomic E-state index is 0.0111. The first-order valence-electron chi connectivity index (χ1n) is 11.2. The van der Waals surface area contributed by atoms with E-state index < -0.39 is 35.7 Å². The van der Waals surface area contributed by atoms with Crippen molar-refractivity contribution in [3.8, 4) is 11.5 Å². The Kier molecular flexibility index (Phi) is 7.60. The summed E-state index contributed by atoms with van der Waals surface area (Å²) in [7, 11) is 1.24. The molecule has 0 saturated heterocycles. The SMILES string of the molecule is CCOc1cc([C@H]2C(C(=O)OC(C)C)=C(C)NC3=C2C(=O)[C@H](C(=O)OC)[C@@H](C)C3)cc(Cl)c1O. The van der Waals surface area contributed by atoms with E-state index in [4.69, 9.17) is 25.8 Å². The zero-order valence-corrected chi connectivity index (χ0v) is 20.9. The maximum absolute atomic E-state index is 13.7. The van der Waals surface area contributed by atoms with Crippen molar-refractivity contribution in [1.29, 1.82) is 0 Å². The van der Waals surface area contributed by atoms with Gasteiger partial charge in [0.2, 0.25) is 0 Å². The predicted molar refractivity (Wildman–Crippen MR) is 125 cm³/mol. The van der Waals surface area contributed by atoms with Gasteiger partial charge in [-0.1, -0.05) is 18.5 Å². The molecule has 3 rings (SSSR count). The van der Waals surface area contributed by atoms with Crippen LogP contribution in [0, 0.1) is 11.8 Å². The lowest BCUT2D eigenvalue weighted by atomic mass is 9.69. The number of allylic oxidation sites excluding steroid dienone is 3. The van der Waals surface area contributed by atoms with E-state index in [0.29, 0.717) is 23.4 Å². The van der Waals surface area contributed by atoms with Gasteiger partial charge in [0.1, 0.15) is 5.92 Å². The maximum atomic E-state index is 13.7. The molecule has 1 aliphatic heterocycles. The lowest BCUT2D eigenvalue weighted by Gasteiger charge is -2.38. The van der Waals surface area contributed by atoms with Crippen LogP contribution in [0.15, 0.2) is 34.7 Å². The number of phenolic OH excluding ortho intramolecular Hbond substituents is 1. The van der Waals surface area contributed by atoms with Crippen LogP contribution in [0.2, 0.25) is 5.02 Å². The molecule has 8 nitrogen and oxygen atoms in total. The second kappa shape index (κ2) is 10.1. The van der Waals surface area contributed by atoms with Gasteiger partial charge >= 0.3 is 11.9 Å². The Morgan fingerprint density at radius 1 is 1.29 bits per heavy atom. The van der Waals surface area contributed by atoms with Gasteiger partial charge in [-0.05, 0) is 57.7 Å². The Morgan fingerprint density at radius 3 is 2.56 bits per heavy atom. The summed E-state index contributed by atoms with van der Waals surface area (Å²) in [6.45, 7) is 9.04. The summed E-state index contributed by atoms with van der Waals surface area (Å²) in [5.41, 5.74) is 2.13. The van der Waals surface area contributed by atoms with E-state index >= 15 is 0 Å². The Morgan fingerprint density at radius 2 is 1.97 bits per heavy atom. The van der Waals surface area contributed by atoms with E-state index in [1.54, 1.807) is 33.8 Å². The molecule has 2 N–H and O–H groups in total. The zero-order valence-electron chi connectivity index (χ0n) is 20.2. The average Bonchev–Trinajstić information content (AvgIpc) is 2.75. The van der Waals surface area contributed by atoms with Gasteiger partial charge in [-0.15, -0.1) is 0 Å². The van der Waals surface area contributed by atoms with E-state index in [0.717, 1.165) is 0 Å². The molecule has 34 heavy (non-hydrogen) atoms. The highest BCUT2D eigenvalue weighted by Gasteiger charge is 2.47. The van der Waals surface area contributed by atoms with Crippen LogP contribution >= 0.6 is 11.6 Å². The first-order chi connectivity index (χ1) is 16.0. The van der Waals surface area contributed by atoms with Crippen molar-refractivity contribution in [3.05, 3.63) is 45.3 Å². The minimum atomic E-state index is -1.01. The number of nitrogens with one attached hydrogen (secondary N) is 1. The van der Waals surface area contributed by atoms with Crippen LogP contribution in [0.25, 0.3) is 0 Å². The van der Waals surface area contributed by atoms with Crippen molar-refractivity contribution in [1.82, 2.24) is 5.32 Å². The van der Waals surface area contributed by atoms with Crippen LogP contribution in [0.1, 0.15) is 52.5 Å². The number of hydrogen-bond donors (Lipinski definition) is 2. The summed E-state index contributed by atoms with van der Waals surface area (Å²) in [6, 6.07) is 3.05. The summed E-state index contributed by atoms with van der Waals surface area (Å²) in [5, 5.41) is 13.6. The zero-order chi connectivity index (χ0) is 25.3. The monoisotopic (exact) mass is 491 g/mol. The number of aromatic hydroxyl groups is 1. The lowest BCUT2D eigenvalue weighted by Crippen LogP contribution is -2.43. The molecule has 2 aliphatic rings. The molecule has 1 heterocycles. The minimum Gasteiger partial charge on any atom is -0.503 e. The number of methoxy groups -OCH3 is 1. The number of hydrogen-bond acceptors (Lipinski definition) is 8. The first kappa shape index (κ1) is 25.6. The number of phenols is 1. The van der Waals surface area contributed by atoms with Crippen molar-refractivity contribution < 1.29 is 33.7 Å². The average molecular weight is 492 g/mol. The molecule has 1 aromatic rings. The highest BCUT2D eigenvalue weighted by Crippen LogP contribution is 2.48. The van der Waals surface area contributed by atoms with E-state index in [2.05, 4.69) is 5.32 Å². The van der Waals surface area contributed by atoms with Crippen LogP contribution in [-0.2, 0) is 23.9 Å². The molecule has 0 fully saturated rings. The van der Waals surface area contributed by atoms with Crippen LogP contribution < -0.4 is 10.1 Å². The normalized spacial score (nSPS) is 22.4. The van der Waals surface area contributed by atoms with Gasteiger partial charge in [-0.2, -0.15) is 0 Å². The second-order valence-corrected chi connectivity index (χ2v) is 9.18. The molecule has 1 aromatic carbocycles. The van der Waals surface area contributed by atoms with Crippen molar-refractivity contribution in [2.75, 3.05) is 13.7 Å². The number of dihydropyridines is 1. The molecule has 0 saturated carbocycles. The third kappa shape index (κ3) is 4.64. The highest BCUT2D eigenvalue weighted by molar-refractivity contribution is 6.32. The van der Waals surface area contributed by atoms with Crippen molar-refractivity contribution in [2.45, 2.75) is 53.1 Å². The summed E-state index contributed by atoms with van der Waals surface area (Å²) in [6.07, 6.45) is 0.0156. The standard InChI is InChI=1S/C25H30ClNO7/c1-7-33-17-10-14(9-15(26)22(17)28)20-19(25(31)34-11(2)3)13(5)27-16-8-12(4)18(24(30)32-6)23(29)21(16)20/h9-12,18,20,27-28H,7-8H2,1-6H3/t12-,18+,20-/m0/s1. The number of Topliss-reactive ketones (excluding diaryl/α,β-unsaturated/α-hetero) is 1. The molecular weight excluding hydrogens is 462 g/mol. The molecule has 0 bridgehead atoms. The largest absolute Gasteiger partial charge is 0.503 e. The number of benzene rings is 1. The number of ether oxygens (including phenoxy) is 3. The molecule has 3 atom stereocenters. The number of rotatable bonds is 6. The molecule has 184 valence electrons. The fourth-order valence-corrected chi connectivity index (χ4v) is 4.81. The van der Waals surface area contributed by atoms with Crippen molar-refractivity contribution in [3.63, 3.8) is 0 Å². The van der Waals surface area contributed by atoms with E-state index in [-0.39, 0.29) is 40.2 Å². The predicted octanol–water partition coefficient (Wildman–Crippen LogP) is 4.01. The first-order valence-corrected chi connectivity index (χ1v) is 11.6. The Bertz CT molecular complexity index is 1090. The van der Waals surface area contributed by atoms with Crippen molar-refractivity contribution >= 4 is 29.3 Å². The molecular formula is C25H30ClNO7. The molecule has 0 aromatic heterocycles. The molecule has 0 amide bonds. The molecule has 9 heteroatoms. The van der Waals surface area contributed by atoms with Gasteiger partial charge in [-0.25, -0.2) is 4.79 Å². The third-order valence-electron chi connectivity index (χ3n) is 5.99. The van der Waals surface area contributed by atoms with Crippen molar-refractivity contribution in [2.24, 2.45) is 11.8 Å². The lowest BCUT2D eigenvalue weighted by molar-refractivity contribution is -0.151.